The van der Waals surface area contributed by atoms with Gasteiger partial charge in [-0.3, -0.25) is 9.30 Å². The molecule has 1 aliphatic heterocycles. The zero-order valence-electron chi connectivity index (χ0n) is 15.8. The Morgan fingerprint density at radius 2 is 1.87 bits per heavy atom. The number of hydrogen-bond acceptors (Lipinski definition) is 3. The van der Waals surface area contributed by atoms with Crippen LogP contribution in [-0.4, -0.2) is 25.8 Å². The summed E-state index contributed by atoms with van der Waals surface area (Å²) in [6, 6.07) is 10.1. The van der Waals surface area contributed by atoms with Gasteiger partial charge in [0.15, 0.2) is 11.6 Å². The van der Waals surface area contributed by atoms with E-state index in [-0.39, 0.29) is 5.69 Å². The summed E-state index contributed by atoms with van der Waals surface area (Å²) in [5.74, 6) is -2.16. The predicted octanol–water partition coefficient (Wildman–Crippen LogP) is 3.67. The zero-order chi connectivity index (χ0) is 20.8. The minimum absolute atomic E-state index is 0.323. The van der Waals surface area contributed by atoms with Crippen LogP contribution in [0.3, 0.4) is 0 Å². The first kappa shape index (κ1) is 18.6. The second kappa shape index (κ2) is 7.14. The van der Waals surface area contributed by atoms with Crippen molar-refractivity contribution in [1.29, 1.82) is 0 Å². The molecule has 30 heavy (non-hydrogen) atoms. The van der Waals surface area contributed by atoms with Gasteiger partial charge in [-0.25, -0.2) is 22.9 Å². The topological polar surface area (TPSA) is 53.4 Å². The molecule has 0 amide bonds. The van der Waals surface area contributed by atoms with Crippen molar-refractivity contribution in [3.05, 3.63) is 93.4 Å². The van der Waals surface area contributed by atoms with Crippen LogP contribution in [0.5, 0.6) is 0 Å². The van der Waals surface area contributed by atoms with Gasteiger partial charge in [-0.1, -0.05) is 18.2 Å². The van der Waals surface area contributed by atoms with Crippen LogP contribution in [0.15, 0.2) is 53.5 Å². The molecule has 2 aromatic heterocycles. The van der Waals surface area contributed by atoms with Crippen LogP contribution in [0.2, 0.25) is 0 Å². The maximum Gasteiger partial charge on any atom is 0.331 e. The number of halogens is 3. The van der Waals surface area contributed by atoms with Gasteiger partial charge in [-0.05, 0) is 29.8 Å². The van der Waals surface area contributed by atoms with Crippen LogP contribution < -0.4 is 5.69 Å². The van der Waals surface area contributed by atoms with Crippen molar-refractivity contribution in [1.82, 2.24) is 19.3 Å². The maximum absolute atomic E-state index is 14.2. The van der Waals surface area contributed by atoms with Crippen molar-refractivity contribution in [2.24, 2.45) is 0 Å². The minimum Gasteiger partial charge on any atom is -0.310 e. The van der Waals surface area contributed by atoms with Crippen molar-refractivity contribution in [2.45, 2.75) is 19.5 Å². The second-order valence-corrected chi connectivity index (χ2v) is 7.40. The number of hydrogen-bond donors (Lipinski definition) is 1. The summed E-state index contributed by atoms with van der Waals surface area (Å²) in [4.78, 5) is 22.0. The van der Waals surface area contributed by atoms with Gasteiger partial charge in [0.2, 0.25) is 0 Å². The van der Waals surface area contributed by atoms with Crippen LogP contribution in [0.1, 0.15) is 16.8 Å². The fraction of sp³-hybridized carbons (Fsp3) is 0.182. The van der Waals surface area contributed by atoms with Gasteiger partial charge in [0.25, 0.3) is 0 Å². The minimum atomic E-state index is -0.876. The van der Waals surface area contributed by atoms with Gasteiger partial charge < -0.3 is 4.98 Å². The summed E-state index contributed by atoms with van der Waals surface area (Å²) in [6.07, 6.45) is 2.12. The normalized spacial score (nSPS) is 14.2. The van der Waals surface area contributed by atoms with Gasteiger partial charge in [0, 0.05) is 49.1 Å². The molecule has 0 spiro atoms. The Morgan fingerprint density at radius 1 is 1.03 bits per heavy atom. The third-order valence-corrected chi connectivity index (χ3v) is 5.42. The molecule has 0 saturated heterocycles. The third-order valence-electron chi connectivity index (χ3n) is 5.42. The number of aromatic amines is 1. The molecule has 1 N–H and O–H groups in total. The number of imidazole rings is 1. The van der Waals surface area contributed by atoms with Gasteiger partial charge in [-0.2, -0.15) is 0 Å². The summed E-state index contributed by atoms with van der Waals surface area (Å²) in [7, 11) is 0. The molecule has 0 atom stereocenters. The van der Waals surface area contributed by atoms with Crippen LogP contribution in [0.25, 0.3) is 16.9 Å². The number of benzene rings is 2. The average molecular weight is 410 g/mol. The largest absolute Gasteiger partial charge is 0.331 e. The lowest BCUT2D eigenvalue weighted by molar-refractivity contribution is 0.243. The van der Waals surface area contributed by atoms with E-state index in [0.717, 1.165) is 17.3 Å². The molecule has 2 aromatic carbocycles. The number of rotatable bonds is 3. The van der Waals surface area contributed by atoms with E-state index >= 15 is 0 Å². The summed E-state index contributed by atoms with van der Waals surface area (Å²) in [6.45, 7) is 1.56. The number of aromatic nitrogens is 3. The van der Waals surface area contributed by atoms with Crippen LogP contribution in [0.4, 0.5) is 13.2 Å². The van der Waals surface area contributed by atoms with Crippen molar-refractivity contribution in [3.63, 3.8) is 0 Å². The van der Waals surface area contributed by atoms with E-state index in [1.54, 1.807) is 24.3 Å². The van der Waals surface area contributed by atoms with Crippen molar-refractivity contribution in [2.75, 3.05) is 6.54 Å². The highest BCUT2D eigenvalue weighted by Crippen LogP contribution is 2.26. The summed E-state index contributed by atoms with van der Waals surface area (Å²) in [5, 5.41) is 0. The Morgan fingerprint density at radius 3 is 2.67 bits per heavy atom. The van der Waals surface area contributed by atoms with E-state index in [2.05, 4.69) is 14.9 Å². The fourth-order valence-corrected chi connectivity index (χ4v) is 3.93. The lowest BCUT2D eigenvalue weighted by atomic mass is 10.1. The average Bonchev–Trinajstić information content (AvgIpc) is 3.18. The Balaban J connectivity index is 1.52. The van der Waals surface area contributed by atoms with Gasteiger partial charge in [0.05, 0.1) is 5.69 Å². The highest BCUT2D eigenvalue weighted by molar-refractivity contribution is 5.65. The molecule has 5 rings (SSSR count). The summed E-state index contributed by atoms with van der Waals surface area (Å²) < 4.78 is 42.3. The molecular weight excluding hydrogens is 393 g/mol. The molecule has 0 bridgehead atoms. The molecule has 5 nitrogen and oxygen atoms in total. The number of H-pyrrole nitrogens is 1. The van der Waals surface area contributed by atoms with Gasteiger partial charge in [0.1, 0.15) is 11.5 Å². The van der Waals surface area contributed by atoms with E-state index in [4.69, 9.17) is 0 Å². The van der Waals surface area contributed by atoms with E-state index in [0.29, 0.717) is 48.5 Å². The molecule has 0 fully saturated rings. The molecule has 4 aromatic rings. The van der Waals surface area contributed by atoms with Crippen molar-refractivity contribution < 1.29 is 13.2 Å². The van der Waals surface area contributed by atoms with Crippen molar-refractivity contribution in [3.8, 4) is 11.3 Å². The highest BCUT2D eigenvalue weighted by atomic mass is 19.2. The predicted molar refractivity (Wildman–Crippen MR) is 105 cm³/mol. The zero-order valence-corrected chi connectivity index (χ0v) is 15.8. The lowest BCUT2D eigenvalue weighted by Crippen LogP contribution is -2.33. The molecule has 0 saturated carbocycles. The standard InChI is InChI=1S/C22H17F3N4O/c23-16-4-2-1-3-14(16)20-12-29-21(26-20)15-11-28(8-7-19(15)27-22(29)30)10-13-5-6-17(24)18(25)9-13/h1-6,9,12H,7-8,10-11H2,(H,27,30). The molecule has 152 valence electrons. The number of nitrogens with zero attached hydrogens (tertiary/aromatic N) is 3. The van der Waals surface area contributed by atoms with Gasteiger partial charge >= 0.3 is 5.69 Å². The lowest BCUT2D eigenvalue weighted by Gasteiger charge is -2.28. The maximum atomic E-state index is 14.2. The quantitative estimate of drug-likeness (QED) is 0.561. The Hall–Kier alpha value is -3.39. The Kier molecular flexibility index (Phi) is 4.43. The molecule has 1 aliphatic rings. The monoisotopic (exact) mass is 410 g/mol. The fourth-order valence-electron chi connectivity index (χ4n) is 3.93. The highest BCUT2D eigenvalue weighted by Gasteiger charge is 2.23. The molecule has 8 heteroatoms. The first-order chi connectivity index (χ1) is 14.5. The van der Waals surface area contributed by atoms with Crippen LogP contribution in [-0.2, 0) is 19.5 Å². The van der Waals surface area contributed by atoms with Gasteiger partial charge in [-0.15, -0.1) is 0 Å². The Bertz CT molecular complexity index is 1330. The van der Waals surface area contributed by atoms with E-state index in [1.165, 1.54) is 22.7 Å². The number of fused-ring (bicyclic) bond motifs is 3. The summed E-state index contributed by atoms with van der Waals surface area (Å²) in [5.41, 5.74) is 3.14. The van der Waals surface area contributed by atoms with Crippen LogP contribution in [0, 0.1) is 17.5 Å². The Labute approximate surface area is 169 Å². The second-order valence-electron chi connectivity index (χ2n) is 7.40. The molecule has 0 radical (unpaired) electrons. The van der Waals surface area contributed by atoms with E-state index in [1.807, 2.05) is 0 Å². The van der Waals surface area contributed by atoms with Crippen LogP contribution >= 0.6 is 0 Å². The third kappa shape index (κ3) is 3.19. The SMILES string of the molecule is O=c1[nH]c2c(c3nc(-c4ccccc4F)cn13)CN(Cc1ccc(F)c(F)c1)CC2. The molecule has 0 unspecified atom stereocenters. The van der Waals surface area contributed by atoms with E-state index in [9.17, 15) is 18.0 Å². The first-order valence-electron chi connectivity index (χ1n) is 9.54. The number of nitrogens with one attached hydrogen (secondary N) is 1. The van der Waals surface area contributed by atoms with Crippen molar-refractivity contribution >= 4 is 5.65 Å². The molecule has 0 aliphatic carbocycles. The molecule has 3 heterocycles. The van der Waals surface area contributed by atoms with E-state index < -0.39 is 17.5 Å². The summed E-state index contributed by atoms with van der Waals surface area (Å²) >= 11 is 0. The first-order valence-corrected chi connectivity index (χ1v) is 9.54. The smallest absolute Gasteiger partial charge is 0.310 e. The molecular formula is C22H17F3N4O.